The molecule has 0 aliphatic heterocycles. The third-order valence-electron chi connectivity index (χ3n) is 6.46. The number of fused-ring (bicyclic) bond motifs is 1. The van der Waals surface area contributed by atoms with Crippen LogP contribution in [0, 0.1) is 11.3 Å². The molecule has 0 unspecified atom stereocenters. The summed E-state index contributed by atoms with van der Waals surface area (Å²) in [4.78, 5) is 12.2. The van der Waals surface area contributed by atoms with Gasteiger partial charge in [-0.25, -0.2) is 4.79 Å². The molecule has 1 N–H and O–H groups in total. The van der Waals surface area contributed by atoms with Crippen molar-refractivity contribution in [1.82, 2.24) is 4.57 Å². The Morgan fingerprint density at radius 3 is 2.48 bits per heavy atom. The first kappa shape index (κ1) is 22.7. The van der Waals surface area contributed by atoms with Crippen LogP contribution in [-0.2, 0) is 4.74 Å². The molecule has 0 bridgehead atoms. The fourth-order valence-electron chi connectivity index (χ4n) is 4.15. The van der Waals surface area contributed by atoms with Crippen LogP contribution in [-0.4, -0.2) is 22.9 Å². The number of benzene rings is 2. The SMILES string of the molecule is CCOc1ccc2c(C#N)c(-c3ccc(NC(=O)OC(C)(C)CC)cc3)n(C3CCC3)c2c1. The van der Waals surface area contributed by atoms with Crippen LogP contribution in [0.2, 0.25) is 0 Å². The fraction of sp³-hybridized carbons (Fsp3) is 0.407. The zero-order chi connectivity index (χ0) is 23.6. The molecule has 2 aromatic carbocycles. The van der Waals surface area contributed by atoms with Gasteiger partial charge in [-0.1, -0.05) is 19.1 Å². The van der Waals surface area contributed by atoms with Crippen LogP contribution in [0.3, 0.4) is 0 Å². The van der Waals surface area contributed by atoms with E-state index >= 15 is 0 Å². The molecule has 172 valence electrons. The van der Waals surface area contributed by atoms with Crippen molar-refractivity contribution in [2.24, 2.45) is 0 Å². The van der Waals surface area contributed by atoms with Crippen LogP contribution in [0.5, 0.6) is 5.75 Å². The summed E-state index contributed by atoms with van der Waals surface area (Å²) in [5.41, 5.74) is 3.71. The summed E-state index contributed by atoms with van der Waals surface area (Å²) in [5.74, 6) is 0.812. The Hall–Kier alpha value is -3.46. The number of carbonyl (C=O) groups is 1. The number of amides is 1. The molecule has 6 nitrogen and oxygen atoms in total. The third kappa shape index (κ3) is 4.54. The van der Waals surface area contributed by atoms with E-state index < -0.39 is 11.7 Å². The molecule has 1 aliphatic rings. The van der Waals surface area contributed by atoms with E-state index in [0.29, 0.717) is 23.9 Å². The molecule has 33 heavy (non-hydrogen) atoms. The maximum Gasteiger partial charge on any atom is 0.412 e. The molecule has 1 heterocycles. The summed E-state index contributed by atoms with van der Waals surface area (Å²) in [7, 11) is 0. The summed E-state index contributed by atoms with van der Waals surface area (Å²) >= 11 is 0. The van der Waals surface area contributed by atoms with Crippen LogP contribution in [0.25, 0.3) is 22.2 Å². The maximum atomic E-state index is 12.2. The second kappa shape index (κ2) is 9.19. The number of nitriles is 1. The van der Waals surface area contributed by atoms with Gasteiger partial charge in [0.25, 0.3) is 0 Å². The molecule has 0 radical (unpaired) electrons. The standard InChI is InChI=1S/C27H31N3O3/c1-5-27(3,4)33-26(31)29-19-12-10-18(11-13-19)25-23(17-28)22-15-14-21(32-6-2)16-24(22)30(25)20-8-7-9-20/h10-16,20H,5-9H2,1-4H3,(H,29,31). The van der Waals surface area contributed by atoms with Crippen molar-refractivity contribution in [2.75, 3.05) is 11.9 Å². The highest BCUT2D eigenvalue weighted by atomic mass is 16.6. The van der Waals surface area contributed by atoms with Crippen molar-refractivity contribution in [3.8, 4) is 23.1 Å². The Labute approximate surface area is 195 Å². The minimum Gasteiger partial charge on any atom is -0.494 e. The number of rotatable bonds is 7. The minimum atomic E-state index is -0.518. The minimum absolute atomic E-state index is 0.366. The van der Waals surface area contributed by atoms with Gasteiger partial charge in [-0.05, 0) is 76.3 Å². The number of aromatic nitrogens is 1. The van der Waals surface area contributed by atoms with Gasteiger partial charge in [0.15, 0.2) is 0 Å². The van der Waals surface area contributed by atoms with Crippen LogP contribution in [0.15, 0.2) is 42.5 Å². The molecule has 1 fully saturated rings. The lowest BCUT2D eigenvalue weighted by atomic mass is 9.92. The molecule has 4 rings (SSSR count). The summed E-state index contributed by atoms with van der Waals surface area (Å²) in [6.45, 7) is 8.31. The largest absolute Gasteiger partial charge is 0.494 e. The van der Waals surface area contributed by atoms with Gasteiger partial charge < -0.3 is 14.0 Å². The number of carbonyl (C=O) groups excluding carboxylic acids is 1. The molecule has 1 amide bonds. The van der Waals surface area contributed by atoms with Crippen molar-refractivity contribution in [3.05, 3.63) is 48.0 Å². The van der Waals surface area contributed by atoms with E-state index in [0.717, 1.165) is 47.2 Å². The fourth-order valence-corrected chi connectivity index (χ4v) is 4.15. The highest BCUT2D eigenvalue weighted by Gasteiger charge is 2.28. The van der Waals surface area contributed by atoms with Crippen LogP contribution >= 0.6 is 0 Å². The highest BCUT2D eigenvalue weighted by Crippen LogP contribution is 2.43. The van der Waals surface area contributed by atoms with E-state index in [1.807, 2.05) is 70.2 Å². The average molecular weight is 446 g/mol. The number of hydrogen-bond acceptors (Lipinski definition) is 4. The first-order chi connectivity index (χ1) is 15.9. The Kier molecular flexibility index (Phi) is 6.33. The van der Waals surface area contributed by atoms with Crippen molar-refractivity contribution in [1.29, 1.82) is 5.26 Å². The molecular weight excluding hydrogens is 414 g/mol. The highest BCUT2D eigenvalue weighted by molar-refractivity contribution is 5.96. The molecule has 0 atom stereocenters. The van der Waals surface area contributed by atoms with Crippen LogP contribution in [0.1, 0.15) is 65.0 Å². The van der Waals surface area contributed by atoms with E-state index in [4.69, 9.17) is 9.47 Å². The van der Waals surface area contributed by atoms with Gasteiger partial charge in [0.05, 0.1) is 23.4 Å². The van der Waals surface area contributed by atoms with E-state index in [2.05, 4.69) is 16.0 Å². The molecular formula is C27H31N3O3. The lowest BCUT2D eigenvalue weighted by Crippen LogP contribution is -2.29. The third-order valence-corrected chi connectivity index (χ3v) is 6.46. The van der Waals surface area contributed by atoms with Crippen molar-refractivity contribution >= 4 is 22.7 Å². The second-order valence-corrected chi connectivity index (χ2v) is 9.11. The van der Waals surface area contributed by atoms with E-state index in [-0.39, 0.29) is 0 Å². The Balaban J connectivity index is 1.71. The molecule has 6 heteroatoms. The molecule has 0 saturated heterocycles. The van der Waals surface area contributed by atoms with Crippen LogP contribution < -0.4 is 10.1 Å². The average Bonchev–Trinajstić information content (AvgIpc) is 3.06. The molecule has 1 saturated carbocycles. The van der Waals surface area contributed by atoms with Gasteiger partial charge in [0.2, 0.25) is 0 Å². The van der Waals surface area contributed by atoms with Gasteiger partial charge in [-0.2, -0.15) is 5.26 Å². The van der Waals surface area contributed by atoms with Gasteiger partial charge in [0.1, 0.15) is 17.4 Å². The summed E-state index contributed by atoms with van der Waals surface area (Å²) < 4.78 is 13.5. The lowest BCUT2D eigenvalue weighted by Gasteiger charge is -2.30. The maximum absolute atomic E-state index is 12.2. The Bertz CT molecular complexity index is 1200. The normalized spacial score (nSPS) is 13.9. The molecule has 3 aromatic rings. The smallest absolute Gasteiger partial charge is 0.412 e. The van der Waals surface area contributed by atoms with Crippen LogP contribution in [0.4, 0.5) is 10.5 Å². The predicted molar refractivity (Wildman–Crippen MR) is 131 cm³/mol. The topological polar surface area (TPSA) is 76.3 Å². The number of anilines is 1. The van der Waals surface area contributed by atoms with Gasteiger partial charge in [-0.15, -0.1) is 0 Å². The zero-order valence-electron chi connectivity index (χ0n) is 19.8. The van der Waals surface area contributed by atoms with E-state index in [1.54, 1.807) is 0 Å². The summed E-state index contributed by atoms with van der Waals surface area (Å²) in [6.07, 6.45) is 3.64. The van der Waals surface area contributed by atoms with Crippen molar-refractivity contribution < 1.29 is 14.3 Å². The quantitative estimate of drug-likeness (QED) is 0.423. The van der Waals surface area contributed by atoms with Gasteiger partial charge in [0, 0.05) is 23.2 Å². The first-order valence-electron chi connectivity index (χ1n) is 11.7. The number of nitrogens with one attached hydrogen (secondary N) is 1. The number of hydrogen-bond donors (Lipinski definition) is 1. The monoisotopic (exact) mass is 445 g/mol. The molecule has 1 aromatic heterocycles. The predicted octanol–water partition coefficient (Wildman–Crippen LogP) is 7.04. The first-order valence-corrected chi connectivity index (χ1v) is 11.7. The van der Waals surface area contributed by atoms with Crippen molar-refractivity contribution in [3.63, 3.8) is 0 Å². The van der Waals surface area contributed by atoms with E-state index in [9.17, 15) is 10.1 Å². The van der Waals surface area contributed by atoms with Gasteiger partial charge in [-0.3, -0.25) is 5.32 Å². The van der Waals surface area contributed by atoms with Gasteiger partial charge >= 0.3 is 6.09 Å². The molecule has 0 spiro atoms. The summed E-state index contributed by atoms with van der Waals surface area (Å²) in [5, 5.41) is 13.8. The lowest BCUT2D eigenvalue weighted by molar-refractivity contribution is 0.0462. The number of nitrogens with zero attached hydrogens (tertiary/aromatic N) is 2. The zero-order valence-corrected chi connectivity index (χ0v) is 19.8. The Morgan fingerprint density at radius 2 is 1.91 bits per heavy atom. The molecule has 1 aliphatic carbocycles. The van der Waals surface area contributed by atoms with Crippen molar-refractivity contribution in [2.45, 2.75) is 65.0 Å². The summed E-state index contributed by atoms with van der Waals surface area (Å²) in [6, 6.07) is 16.4. The number of ether oxygens (including phenoxy) is 2. The Morgan fingerprint density at radius 1 is 1.18 bits per heavy atom. The second-order valence-electron chi connectivity index (χ2n) is 9.11. The van der Waals surface area contributed by atoms with E-state index in [1.165, 1.54) is 6.42 Å².